The molecule has 0 atom stereocenters. The summed E-state index contributed by atoms with van der Waals surface area (Å²) in [6.45, 7) is 3.79. The summed E-state index contributed by atoms with van der Waals surface area (Å²) in [5.41, 5.74) is 0.644. The number of ketones is 1. The second kappa shape index (κ2) is 2.41. The minimum atomic E-state index is 0.00509. The maximum atomic E-state index is 11.3. The summed E-state index contributed by atoms with van der Waals surface area (Å²) < 4.78 is 0. The molecule has 2 nitrogen and oxygen atoms in total. The standard InChI is InChI=1S/C10H7NO/c1-7-3-2-4-8-9(12)5-6-11-10(7)8/h2-6H,1H2. The number of carbonyl (C=O) groups is 1. The lowest BCUT2D eigenvalue weighted by Crippen LogP contribution is -2.30. The van der Waals surface area contributed by atoms with Crippen molar-refractivity contribution < 1.29 is 4.79 Å². The molecule has 12 heavy (non-hydrogen) atoms. The van der Waals surface area contributed by atoms with Crippen LogP contribution < -0.4 is 10.6 Å². The molecule has 1 heterocycles. The number of hydrogen-bond acceptors (Lipinski definition) is 2. The Morgan fingerprint density at radius 3 is 2.92 bits per heavy atom. The van der Waals surface area contributed by atoms with Gasteiger partial charge in [-0.25, -0.2) is 0 Å². The van der Waals surface area contributed by atoms with Gasteiger partial charge >= 0.3 is 0 Å². The Balaban J connectivity index is 2.94. The molecule has 0 aromatic heterocycles. The Hall–Kier alpha value is -1.70. The average Bonchev–Trinajstić information content (AvgIpc) is 2.07. The van der Waals surface area contributed by atoms with Gasteiger partial charge in [-0.15, -0.1) is 0 Å². The molecule has 0 unspecified atom stereocenters. The number of allylic oxidation sites excluding steroid dienone is 1. The highest BCUT2D eigenvalue weighted by atomic mass is 16.1. The van der Waals surface area contributed by atoms with Crippen molar-refractivity contribution in [1.82, 2.24) is 0 Å². The van der Waals surface area contributed by atoms with E-state index >= 15 is 0 Å². The molecule has 2 rings (SSSR count). The fourth-order valence-electron chi connectivity index (χ4n) is 1.21. The molecule has 1 aliphatic heterocycles. The van der Waals surface area contributed by atoms with E-state index < -0.39 is 0 Å². The molecule has 0 radical (unpaired) electrons. The first-order valence-corrected chi connectivity index (χ1v) is 3.66. The van der Waals surface area contributed by atoms with E-state index in [1.165, 1.54) is 12.3 Å². The largest absolute Gasteiger partial charge is 0.289 e. The lowest BCUT2D eigenvalue weighted by Gasteiger charge is -2.00. The monoisotopic (exact) mass is 157 g/mol. The second-order valence-corrected chi connectivity index (χ2v) is 2.62. The van der Waals surface area contributed by atoms with Gasteiger partial charge in [-0.1, -0.05) is 18.7 Å². The third-order valence-corrected chi connectivity index (χ3v) is 1.81. The Labute approximate surface area is 69.6 Å². The van der Waals surface area contributed by atoms with Gasteiger partial charge in [-0.3, -0.25) is 9.79 Å². The molecule has 0 N–H and O–H groups in total. The first-order chi connectivity index (χ1) is 5.79. The first kappa shape index (κ1) is 6.98. The summed E-state index contributed by atoms with van der Waals surface area (Å²) in [7, 11) is 0. The molecule has 58 valence electrons. The summed E-state index contributed by atoms with van der Waals surface area (Å²) in [4.78, 5) is 15.3. The Morgan fingerprint density at radius 2 is 2.17 bits per heavy atom. The molecule has 0 bridgehead atoms. The molecule has 1 aromatic carbocycles. The van der Waals surface area contributed by atoms with E-state index in [4.69, 9.17) is 0 Å². The molecule has 0 spiro atoms. The van der Waals surface area contributed by atoms with Gasteiger partial charge < -0.3 is 0 Å². The van der Waals surface area contributed by atoms with Crippen LogP contribution in [-0.2, 0) is 0 Å². The third-order valence-electron chi connectivity index (χ3n) is 1.81. The normalized spacial score (nSPS) is 13.8. The quantitative estimate of drug-likeness (QED) is 0.537. The van der Waals surface area contributed by atoms with E-state index in [2.05, 4.69) is 11.6 Å². The van der Waals surface area contributed by atoms with Crippen molar-refractivity contribution in [2.24, 2.45) is 4.99 Å². The van der Waals surface area contributed by atoms with Crippen LogP contribution >= 0.6 is 0 Å². The number of benzene rings is 1. The van der Waals surface area contributed by atoms with E-state index in [9.17, 15) is 4.79 Å². The lowest BCUT2D eigenvalue weighted by atomic mass is 10.1. The first-order valence-electron chi connectivity index (χ1n) is 3.66. The van der Waals surface area contributed by atoms with Crippen LogP contribution in [0, 0.1) is 0 Å². The number of fused-ring (bicyclic) bond motifs is 1. The number of rotatable bonds is 0. The second-order valence-electron chi connectivity index (χ2n) is 2.62. The zero-order valence-electron chi connectivity index (χ0n) is 6.45. The Morgan fingerprint density at radius 1 is 1.33 bits per heavy atom. The highest BCUT2D eigenvalue weighted by Gasteiger charge is 2.06. The lowest BCUT2D eigenvalue weighted by molar-refractivity contribution is 0.104. The van der Waals surface area contributed by atoms with Crippen molar-refractivity contribution in [2.45, 2.75) is 0 Å². The van der Waals surface area contributed by atoms with E-state index in [1.54, 1.807) is 6.07 Å². The molecular formula is C10H7NO. The van der Waals surface area contributed by atoms with E-state index in [0.29, 0.717) is 10.9 Å². The van der Waals surface area contributed by atoms with Gasteiger partial charge in [0, 0.05) is 17.8 Å². The van der Waals surface area contributed by atoms with E-state index in [-0.39, 0.29) is 5.78 Å². The maximum absolute atomic E-state index is 11.3. The highest BCUT2D eigenvalue weighted by Crippen LogP contribution is 1.96. The van der Waals surface area contributed by atoms with Crippen molar-refractivity contribution in [3.8, 4) is 0 Å². The molecular weight excluding hydrogens is 150 g/mol. The van der Waals surface area contributed by atoms with Crippen LogP contribution in [0.3, 0.4) is 0 Å². The van der Waals surface area contributed by atoms with Gasteiger partial charge in [-0.2, -0.15) is 0 Å². The number of para-hydroxylation sites is 1. The third kappa shape index (κ3) is 0.889. The average molecular weight is 157 g/mol. The van der Waals surface area contributed by atoms with Crippen LogP contribution in [0.4, 0.5) is 0 Å². The summed E-state index contributed by atoms with van der Waals surface area (Å²) in [6.07, 6.45) is 2.97. The molecule has 1 aliphatic rings. The van der Waals surface area contributed by atoms with Gasteiger partial charge in [0.25, 0.3) is 0 Å². The number of hydrogen-bond donors (Lipinski definition) is 0. The van der Waals surface area contributed by atoms with Gasteiger partial charge in [-0.05, 0) is 11.3 Å². The van der Waals surface area contributed by atoms with Crippen LogP contribution in [0.15, 0.2) is 35.5 Å². The summed E-state index contributed by atoms with van der Waals surface area (Å²) in [5.74, 6) is 0.00509. The summed E-state index contributed by atoms with van der Waals surface area (Å²) in [6, 6.07) is 5.42. The van der Waals surface area contributed by atoms with Gasteiger partial charge in [0.1, 0.15) is 0 Å². The van der Waals surface area contributed by atoms with Crippen LogP contribution in [-0.4, -0.2) is 5.78 Å². The molecule has 0 fully saturated rings. The van der Waals surface area contributed by atoms with Crippen molar-refractivity contribution in [1.29, 1.82) is 0 Å². The Kier molecular flexibility index (Phi) is 1.40. The zero-order chi connectivity index (χ0) is 8.55. The Bertz CT molecular complexity index is 471. The molecule has 0 amide bonds. The predicted molar refractivity (Wildman–Crippen MR) is 46.2 cm³/mol. The van der Waals surface area contributed by atoms with Crippen LogP contribution in [0.1, 0.15) is 10.4 Å². The van der Waals surface area contributed by atoms with Crippen LogP contribution in [0.2, 0.25) is 0 Å². The highest BCUT2D eigenvalue weighted by molar-refractivity contribution is 6.04. The van der Waals surface area contributed by atoms with Crippen molar-refractivity contribution >= 4 is 12.4 Å². The molecule has 2 heteroatoms. The molecule has 0 saturated heterocycles. The van der Waals surface area contributed by atoms with Gasteiger partial charge in [0.15, 0.2) is 5.78 Å². The fraction of sp³-hybridized carbons (Fsp3) is 0. The van der Waals surface area contributed by atoms with Crippen molar-refractivity contribution in [3.63, 3.8) is 0 Å². The van der Waals surface area contributed by atoms with Gasteiger partial charge in [0.05, 0.1) is 5.36 Å². The maximum Gasteiger partial charge on any atom is 0.189 e. The summed E-state index contributed by atoms with van der Waals surface area (Å²) in [5, 5.41) is 1.50. The van der Waals surface area contributed by atoms with E-state index in [1.807, 2.05) is 12.1 Å². The molecule has 0 aliphatic carbocycles. The minimum Gasteiger partial charge on any atom is -0.289 e. The number of carbonyl (C=O) groups excluding carboxylic acids is 1. The minimum absolute atomic E-state index is 0.00509. The van der Waals surface area contributed by atoms with Crippen LogP contribution in [0.25, 0.3) is 6.58 Å². The smallest absolute Gasteiger partial charge is 0.189 e. The van der Waals surface area contributed by atoms with Crippen molar-refractivity contribution in [2.75, 3.05) is 0 Å². The molecule has 1 aromatic rings. The SMILES string of the molecule is C=c1cccc2c1=NC=CC2=O. The number of nitrogens with zero attached hydrogens (tertiary/aromatic N) is 1. The fourth-order valence-corrected chi connectivity index (χ4v) is 1.21. The topological polar surface area (TPSA) is 29.4 Å². The zero-order valence-corrected chi connectivity index (χ0v) is 6.45. The van der Waals surface area contributed by atoms with Crippen LogP contribution in [0.5, 0.6) is 0 Å². The molecule has 0 saturated carbocycles. The van der Waals surface area contributed by atoms with Gasteiger partial charge in [0.2, 0.25) is 0 Å². The summed E-state index contributed by atoms with van der Waals surface area (Å²) >= 11 is 0. The van der Waals surface area contributed by atoms with Crippen molar-refractivity contribution in [3.05, 3.63) is 46.6 Å². The van der Waals surface area contributed by atoms with E-state index in [0.717, 1.165) is 5.22 Å². The predicted octanol–water partition coefficient (Wildman–Crippen LogP) is 0.427.